The smallest absolute Gasteiger partial charge is 0.268 e. The molecule has 15 nitrogen and oxygen atoms in total. The van der Waals surface area contributed by atoms with E-state index in [4.69, 9.17) is 0 Å². The van der Waals surface area contributed by atoms with Gasteiger partial charge >= 0.3 is 0 Å². The molecular formula is C40H67N7O8. The summed E-state index contributed by atoms with van der Waals surface area (Å²) in [7, 11) is 0. The number of aliphatic hydroxyl groups is 1. The monoisotopic (exact) mass is 774 g/mol. The van der Waals surface area contributed by atoms with Crippen molar-refractivity contribution in [1.82, 2.24) is 37.0 Å². The number of carbonyl (C=O) groups excluding carboxylic acids is 6. The Morgan fingerprint density at radius 3 is 1.91 bits per heavy atom. The lowest BCUT2D eigenvalue weighted by molar-refractivity contribution is -0.139. The van der Waals surface area contributed by atoms with Gasteiger partial charge in [-0.15, -0.1) is 0 Å². The Balaban J connectivity index is 2.27. The maximum atomic E-state index is 14.1. The van der Waals surface area contributed by atoms with Gasteiger partial charge in [0, 0.05) is 12.8 Å². The summed E-state index contributed by atoms with van der Waals surface area (Å²) in [6.07, 6.45) is 5.77. The first-order valence-electron chi connectivity index (χ1n) is 20.1. The molecule has 0 aromatic heterocycles. The van der Waals surface area contributed by atoms with E-state index in [2.05, 4.69) is 45.3 Å². The molecule has 6 amide bonds. The lowest BCUT2D eigenvalue weighted by Crippen LogP contribution is -2.60. The highest BCUT2D eigenvalue weighted by molar-refractivity contribution is 5.96. The summed E-state index contributed by atoms with van der Waals surface area (Å²) in [5.74, 6) is -3.54. The van der Waals surface area contributed by atoms with Crippen LogP contribution in [0.4, 0.5) is 0 Å². The highest BCUT2D eigenvalue weighted by Gasteiger charge is 2.34. The van der Waals surface area contributed by atoms with Crippen molar-refractivity contribution in [3.05, 3.63) is 35.9 Å². The second-order valence-electron chi connectivity index (χ2n) is 15.2. The van der Waals surface area contributed by atoms with Gasteiger partial charge in [0.15, 0.2) is 0 Å². The molecular weight excluding hydrogens is 706 g/mol. The molecule has 1 aromatic rings. The predicted molar refractivity (Wildman–Crippen MR) is 209 cm³/mol. The lowest BCUT2D eigenvalue weighted by atomic mass is 9.84. The van der Waals surface area contributed by atoms with Gasteiger partial charge in [0.1, 0.15) is 30.2 Å². The standard InChI is InChI=1S/C40H67N7O8/c1-7-47(8-2)22-16-15-21-31(37(51)45-35(28(6)48)40(54)46-55)43-39(53)33(25-30-19-13-10-14-20-30)44-36(50)27(5)41-38(52)32(42-34(49)23-26(3)4)24-29-17-11-9-12-18-29/h9,11-12,17-18,26-28,30-33,35,48,55H,7-8,10,13-16,19-25H2,1-6H3,(H,41,52)(H,42,49)(H,43,53)(H,44,50)(H,45,51)(H,46,54)/t27-,28+,31-,32?,33?,35?/m0/s1. The topological polar surface area (TPSA) is 218 Å². The number of carbonyl (C=O) groups is 6. The minimum atomic E-state index is -1.48. The van der Waals surface area contributed by atoms with Crippen molar-refractivity contribution in [3.63, 3.8) is 0 Å². The number of rotatable bonds is 24. The van der Waals surface area contributed by atoms with Crippen LogP contribution >= 0.6 is 0 Å². The van der Waals surface area contributed by atoms with Gasteiger partial charge in [0.2, 0.25) is 29.5 Å². The number of hydrogen-bond donors (Lipinski definition) is 8. The van der Waals surface area contributed by atoms with Crippen molar-refractivity contribution in [2.45, 2.75) is 148 Å². The highest BCUT2D eigenvalue weighted by atomic mass is 16.5. The fourth-order valence-electron chi connectivity index (χ4n) is 6.84. The first-order valence-corrected chi connectivity index (χ1v) is 20.1. The van der Waals surface area contributed by atoms with Crippen LogP contribution in [0.25, 0.3) is 0 Å². The molecule has 0 radical (unpaired) electrons. The Hall–Kier alpha value is -4.08. The van der Waals surface area contributed by atoms with E-state index in [1.54, 1.807) is 0 Å². The van der Waals surface area contributed by atoms with Crippen LogP contribution in [0, 0.1) is 11.8 Å². The van der Waals surface area contributed by atoms with Gasteiger partial charge in [0.25, 0.3) is 5.91 Å². The minimum absolute atomic E-state index is 0.0789. The zero-order valence-electron chi connectivity index (χ0n) is 33.7. The van der Waals surface area contributed by atoms with Gasteiger partial charge in [-0.05, 0) is 76.6 Å². The molecule has 1 saturated carbocycles. The van der Waals surface area contributed by atoms with Crippen molar-refractivity contribution in [1.29, 1.82) is 0 Å². The molecule has 2 rings (SSSR count). The van der Waals surface area contributed by atoms with Crippen LogP contribution in [0.3, 0.4) is 0 Å². The number of nitrogens with one attached hydrogen (secondary N) is 6. The third-order valence-electron chi connectivity index (χ3n) is 10.1. The quantitative estimate of drug-likeness (QED) is 0.0438. The molecule has 6 atom stereocenters. The third-order valence-corrected chi connectivity index (χ3v) is 10.1. The number of unbranched alkanes of at least 4 members (excludes halogenated alkanes) is 1. The van der Waals surface area contributed by atoms with E-state index in [0.717, 1.165) is 63.7 Å². The maximum absolute atomic E-state index is 14.1. The highest BCUT2D eigenvalue weighted by Crippen LogP contribution is 2.27. The van der Waals surface area contributed by atoms with Crippen molar-refractivity contribution in [3.8, 4) is 0 Å². The summed E-state index contributed by atoms with van der Waals surface area (Å²) in [4.78, 5) is 82.1. The first kappa shape index (κ1) is 47.1. The number of amides is 6. The van der Waals surface area contributed by atoms with Gasteiger partial charge in [-0.25, -0.2) is 5.48 Å². The SMILES string of the molecule is CCN(CC)CCCC[C@H](NC(=O)C(CC1CCCCC1)NC(=O)[C@H](C)NC(=O)C(Cc1ccccc1)NC(=O)CC(C)C)C(=O)NC(C(=O)NO)[C@@H](C)O. The van der Waals surface area contributed by atoms with Crippen LogP contribution in [0.5, 0.6) is 0 Å². The van der Waals surface area contributed by atoms with Crippen molar-refractivity contribution in [2.75, 3.05) is 19.6 Å². The summed E-state index contributed by atoms with van der Waals surface area (Å²) in [6.45, 7) is 13.2. The molecule has 15 heteroatoms. The molecule has 8 N–H and O–H groups in total. The average Bonchev–Trinajstić information content (AvgIpc) is 3.15. The lowest BCUT2D eigenvalue weighted by Gasteiger charge is -2.30. The van der Waals surface area contributed by atoms with Gasteiger partial charge in [-0.3, -0.25) is 34.0 Å². The zero-order valence-corrected chi connectivity index (χ0v) is 33.7. The number of nitrogens with zero attached hydrogens (tertiary/aromatic N) is 1. The van der Waals surface area contributed by atoms with E-state index >= 15 is 0 Å². The van der Waals surface area contributed by atoms with E-state index in [-0.39, 0.29) is 37.0 Å². The van der Waals surface area contributed by atoms with E-state index in [1.807, 2.05) is 44.2 Å². The van der Waals surface area contributed by atoms with E-state index in [1.165, 1.54) is 19.3 Å². The molecule has 1 fully saturated rings. The number of benzene rings is 1. The summed E-state index contributed by atoms with van der Waals surface area (Å²) in [5, 5.41) is 32.9. The molecule has 310 valence electrons. The van der Waals surface area contributed by atoms with Crippen molar-refractivity contribution >= 4 is 35.4 Å². The van der Waals surface area contributed by atoms with Crippen molar-refractivity contribution in [2.24, 2.45) is 11.8 Å². The van der Waals surface area contributed by atoms with Crippen LogP contribution in [0.2, 0.25) is 0 Å². The molecule has 0 heterocycles. The molecule has 0 spiro atoms. The van der Waals surface area contributed by atoms with Crippen molar-refractivity contribution < 1.29 is 39.1 Å². The molecule has 1 aromatic carbocycles. The second-order valence-corrected chi connectivity index (χ2v) is 15.2. The fourth-order valence-corrected chi connectivity index (χ4v) is 6.84. The summed E-state index contributed by atoms with van der Waals surface area (Å²) in [6, 6.07) is 3.59. The Morgan fingerprint density at radius 2 is 1.33 bits per heavy atom. The minimum Gasteiger partial charge on any atom is -0.391 e. The molecule has 1 aliphatic carbocycles. The Kier molecular flexibility index (Phi) is 21.5. The van der Waals surface area contributed by atoms with E-state index in [9.17, 15) is 39.1 Å². The maximum Gasteiger partial charge on any atom is 0.268 e. The first-order chi connectivity index (χ1) is 26.2. The molecule has 55 heavy (non-hydrogen) atoms. The van der Waals surface area contributed by atoms with Crippen LogP contribution in [0.1, 0.15) is 111 Å². The van der Waals surface area contributed by atoms with E-state index < -0.39 is 65.8 Å². The summed E-state index contributed by atoms with van der Waals surface area (Å²) in [5.41, 5.74) is 2.28. The van der Waals surface area contributed by atoms with Crippen LogP contribution in [-0.2, 0) is 35.2 Å². The Bertz CT molecular complexity index is 1350. The van der Waals surface area contributed by atoms with Crippen LogP contribution in [-0.4, -0.2) is 107 Å². The number of hydroxylamine groups is 1. The van der Waals surface area contributed by atoms with Gasteiger partial charge in [0.05, 0.1) is 6.10 Å². The number of aliphatic hydroxyl groups excluding tert-OH is 1. The van der Waals surface area contributed by atoms with Gasteiger partial charge in [-0.1, -0.05) is 90.1 Å². The van der Waals surface area contributed by atoms with Gasteiger partial charge in [-0.2, -0.15) is 0 Å². The molecule has 0 bridgehead atoms. The fraction of sp³-hybridized carbons (Fsp3) is 0.700. The average molecular weight is 774 g/mol. The molecule has 1 aliphatic rings. The zero-order chi connectivity index (χ0) is 40.9. The summed E-state index contributed by atoms with van der Waals surface area (Å²) >= 11 is 0. The number of hydrogen-bond acceptors (Lipinski definition) is 9. The van der Waals surface area contributed by atoms with Crippen LogP contribution < -0.4 is 32.1 Å². The summed E-state index contributed by atoms with van der Waals surface area (Å²) < 4.78 is 0. The molecule has 3 unspecified atom stereocenters. The Labute approximate surface area is 326 Å². The molecule has 0 saturated heterocycles. The largest absolute Gasteiger partial charge is 0.391 e. The second kappa shape index (κ2) is 25.2. The predicted octanol–water partition coefficient (Wildman–Crippen LogP) is 2.09. The third kappa shape index (κ3) is 17.5. The normalized spacial score (nSPS) is 16.5. The van der Waals surface area contributed by atoms with Gasteiger partial charge < -0.3 is 36.6 Å². The van der Waals surface area contributed by atoms with Crippen LogP contribution in [0.15, 0.2) is 30.3 Å². The van der Waals surface area contributed by atoms with E-state index in [0.29, 0.717) is 12.8 Å². The molecule has 0 aliphatic heterocycles. The Morgan fingerprint density at radius 1 is 0.727 bits per heavy atom.